The van der Waals surface area contributed by atoms with Crippen molar-refractivity contribution in [1.29, 1.82) is 0 Å². The van der Waals surface area contributed by atoms with Gasteiger partial charge in [-0.1, -0.05) is 5.22 Å². The minimum Gasteiger partial charge on any atom is -0.490 e. The van der Waals surface area contributed by atoms with Crippen molar-refractivity contribution in [3.63, 3.8) is 0 Å². The van der Waals surface area contributed by atoms with Gasteiger partial charge in [0, 0.05) is 19.7 Å². The summed E-state index contributed by atoms with van der Waals surface area (Å²) in [6.07, 6.45) is 1.53. The van der Waals surface area contributed by atoms with Crippen LogP contribution in [0.5, 0.6) is 5.75 Å². The first-order chi connectivity index (χ1) is 10.7. The Morgan fingerprint density at radius 3 is 2.73 bits per heavy atom. The van der Waals surface area contributed by atoms with E-state index in [9.17, 15) is 4.79 Å². The molecular formula is C15H15N3O4. The van der Waals surface area contributed by atoms with E-state index in [0.717, 1.165) is 11.9 Å². The summed E-state index contributed by atoms with van der Waals surface area (Å²) in [5.41, 5.74) is 0.872. The number of methoxy groups -OCH3 is 1. The molecule has 22 heavy (non-hydrogen) atoms. The second-order valence-electron chi connectivity index (χ2n) is 4.71. The molecule has 0 amide bonds. The summed E-state index contributed by atoms with van der Waals surface area (Å²) in [5, 5.41) is 11.5. The third-order valence-electron chi connectivity index (χ3n) is 3.38. The molecule has 0 spiro atoms. The fourth-order valence-electron chi connectivity index (χ4n) is 2.17. The van der Waals surface area contributed by atoms with Gasteiger partial charge in [-0.05, 0) is 19.1 Å². The average Bonchev–Trinajstić information content (AvgIpc) is 3.00. The fraction of sp³-hybridized carbons (Fsp3) is 0.267. The lowest BCUT2D eigenvalue weighted by molar-refractivity contribution is 0.351. The van der Waals surface area contributed by atoms with Crippen molar-refractivity contribution in [3.05, 3.63) is 34.9 Å². The zero-order valence-electron chi connectivity index (χ0n) is 12.5. The Bertz CT molecular complexity index is 910. The van der Waals surface area contributed by atoms with E-state index in [1.807, 2.05) is 14.0 Å². The van der Waals surface area contributed by atoms with Crippen LogP contribution in [-0.4, -0.2) is 25.7 Å². The molecule has 0 radical (unpaired) electrons. The normalized spacial score (nSPS) is 11.6. The lowest BCUT2D eigenvalue weighted by Crippen LogP contribution is -2.07. The third-order valence-corrected chi connectivity index (χ3v) is 3.38. The third kappa shape index (κ3) is 2.20. The van der Waals surface area contributed by atoms with Gasteiger partial charge in [-0.2, -0.15) is 0 Å². The lowest BCUT2D eigenvalue weighted by Gasteiger charge is -2.09. The zero-order chi connectivity index (χ0) is 15.7. The lowest BCUT2D eigenvalue weighted by atomic mass is 10.1. The van der Waals surface area contributed by atoms with Gasteiger partial charge >= 0.3 is 5.63 Å². The number of rotatable bonds is 4. The smallest absolute Gasteiger partial charge is 0.336 e. The number of hydrogen-bond donors (Lipinski definition) is 0. The van der Waals surface area contributed by atoms with Gasteiger partial charge in [0.05, 0.1) is 24.1 Å². The van der Waals surface area contributed by atoms with Crippen LogP contribution in [0.3, 0.4) is 0 Å². The molecule has 0 unspecified atom stereocenters. The molecule has 0 bridgehead atoms. The number of furan rings is 1. The minimum atomic E-state index is -0.467. The summed E-state index contributed by atoms with van der Waals surface area (Å²) >= 11 is 0. The summed E-state index contributed by atoms with van der Waals surface area (Å²) in [6, 6.07) is 4.77. The van der Waals surface area contributed by atoms with Gasteiger partial charge in [-0.25, -0.2) is 4.79 Å². The van der Waals surface area contributed by atoms with E-state index < -0.39 is 5.63 Å². The summed E-state index contributed by atoms with van der Waals surface area (Å²) in [5.74, 6) is 0.371. The van der Waals surface area contributed by atoms with Crippen molar-refractivity contribution in [2.24, 2.45) is 10.3 Å². The highest BCUT2D eigenvalue weighted by atomic mass is 16.5. The highest BCUT2D eigenvalue weighted by Gasteiger charge is 2.19. The Balaban J connectivity index is 2.39. The molecule has 2 heterocycles. The maximum absolute atomic E-state index is 11.5. The van der Waals surface area contributed by atoms with Crippen LogP contribution in [0, 0.1) is 0 Å². The first kappa shape index (κ1) is 14.1. The van der Waals surface area contributed by atoms with E-state index in [4.69, 9.17) is 13.6 Å². The minimum absolute atomic E-state index is 0.297. The second-order valence-corrected chi connectivity index (χ2v) is 4.71. The second kappa shape index (κ2) is 5.51. The van der Waals surface area contributed by atoms with E-state index >= 15 is 0 Å². The number of nitrogens with zero attached hydrogens (tertiary/aromatic N) is 3. The van der Waals surface area contributed by atoms with Gasteiger partial charge in [0.25, 0.3) is 0 Å². The molecule has 0 aliphatic rings. The Morgan fingerprint density at radius 1 is 1.23 bits per heavy atom. The number of fused-ring (bicyclic) bond motifs is 2. The molecule has 114 valence electrons. The fourth-order valence-corrected chi connectivity index (χ4v) is 2.17. The molecule has 7 heteroatoms. The zero-order valence-corrected chi connectivity index (χ0v) is 12.5. The SMILES string of the molecule is CCN(C)N=Nc1c2ccoc2c(OC)c2oc(=O)ccc12. The standard InChI is InChI=1S/C15H15N3O4/c1-4-18(2)17-16-12-9-5-6-11(19)22-14(9)15(20-3)13-10(12)7-8-21-13/h5-8H,4H2,1-3H3. The molecule has 1 aromatic carbocycles. The molecule has 0 aliphatic heterocycles. The van der Waals surface area contributed by atoms with Gasteiger partial charge < -0.3 is 13.6 Å². The van der Waals surface area contributed by atoms with E-state index in [0.29, 0.717) is 28.0 Å². The van der Waals surface area contributed by atoms with Gasteiger partial charge in [-0.3, -0.25) is 5.01 Å². The van der Waals surface area contributed by atoms with Crippen LogP contribution >= 0.6 is 0 Å². The van der Waals surface area contributed by atoms with Crippen LogP contribution in [-0.2, 0) is 0 Å². The van der Waals surface area contributed by atoms with Crippen molar-refractivity contribution in [3.8, 4) is 5.75 Å². The summed E-state index contributed by atoms with van der Waals surface area (Å²) in [6.45, 7) is 2.69. The molecule has 0 N–H and O–H groups in total. The van der Waals surface area contributed by atoms with Crippen LogP contribution in [0.2, 0.25) is 0 Å². The van der Waals surface area contributed by atoms with Gasteiger partial charge in [0.1, 0.15) is 5.69 Å². The number of benzene rings is 1. The first-order valence-electron chi connectivity index (χ1n) is 6.79. The number of ether oxygens (including phenoxy) is 1. The van der Waals surface area contributed by atoms with Crippen molar-refractivity contribution in [2.45, 2.75) is 6.92 Å². The molecule has 0 aliphatic carbocycles. The van der Waals surface area contributed by atoms with E-state index in [-0.39, 0.29) is 0 Å². The van der Waals surface area contributed by atoms with Gasteiger partial charge in [0.2, 0.25) is 5.75 Å². The topological polar surface area (TPSA) is 80.5 Å². The average molecular weight is 301 g/mol. The van der Waals surface area contributed by atoms with Crippen LogP contribution < -0.4 is 10.4 Å². The summed E-state index contributed by atoms with van der Waals surface area (Å²) in [7, 11) is 3.32. The molecule has 3 rings (SSSR count). The molecule has 0 atom stereocenters. The van der Waals surface area contributed by atoms with Crippen LogP contribution in [0.25, 0.3) is 21.9 Å². The van der Waals surface area contributed by atoms with Gasteiger partial charge in [0.15, 0.2) is 11.2 Å². The largest absolute Gasteiger partial charge is 0.490 e. The molecule has 0 fully saturated rings. The molecule has 2 aromatic heterocycles. The molecule has 7 nitrogen and oxygen atoms in total. The van der Waals surface area contributed by atoms with Crippen LogP contribution in [0.4, 0.5) is 5.69 Å². The maximum atomic E-state index is 11.5. The Labute approximate surface area is 125 Å². The molecule has 0 saturated carbocycles. The van der Waals surface area contributed by atoms with E-state index in [2.05, 4.69) is 10.3 Å². The first-order valence-corrected chi connectivity index (χ1v) is 6.79. The van der Waals surface area contributed by atoms with Crippen molar-refractivity contribution in [2.75, 3.05) is 20.7 Å². The summed E-state index contributed by atoms with van der Waals surface area (Å²) < 4.78 is 16.1. The monoisotopic (exact) mass is 301 g/mol. The Kier molecular flexibility index (Phi) is 3.54. The van der Waals surface area contributed by atoms with Crippen LogP contribution in [0.1, 0.15) is 6.92 Å². The van der Waals surface area contributed by atoms with Crippen molar-refractivity contribution in [1.82, 2.24) is 5.01 Å². The highest BCUT2D eigenvalue weighted by Crippen LogP contribution is 2.42. The quantitative estimate of drug-likeness (QED) is 0.418. The Morgan fingerprint density at radius 2 is 2.00 bits per heavy atom. The maximum Gasteiger partial charge on any atom is 0.336 e. The van der Waals surface area contributed by atoms with Crippen LogP contribution in [0.15, 0.2) is 48.4 Å². The summed E-state index contributed by atoms with van der Waals surface area (Å²) in [4.78, 5) is 11.5. The van der Waals surface area contributed by atoms with E-state index in [1.54, 1.807) is 17.1 Å². The predicted octanol–water partition coefficient (Wildman–Crippen LogP) is 3.50. The Hall–Kier alpha value is -2.83. The molecular weight excluding hydrogens is 286 g/mol. The molecule has 0 saturated heterocycles. The van der Waals surface area contributed by atoms with Gasteiger partial charge in [-0.15, -0.1) is 5.11 Å². The predicted molar refractivity (Wildman–Crippen MR) is 81.6 cm³/mol. The molecule has 3 aromatic rings. The van der Waals surface area contributed by atoms with Crippen molar-refractivity contribution >= 4 is 27.6 Å². The highest BCUT2D eigenvalue weighted by molar-refractivity contribution is 6.10. The van der Waals surface area contributed by atoms with E-state index in [1.165, 1.54) is 19.4 Å². The number of hydrogen-bond acceptors (Lipinski definition) is 6. The van der Waals surface area contributed by atoms with Crippen molar-refractivity contribution < 1.29 is 13.6 Å².